The van der Waals surface area contributed by atoms with Gasteiger partial charge < -0.3 is 5.11 Å². The number of rotatable bonds is 3. The molecule has 1 N–H and O–H groups in total. The summed E-state index contributed by atoms with van der Waals surface area (Å²) < 4.78 is 26.9. The molecule has 0 amide bonds. The third-order valence-corrected chi connectivity index (χ3v) is 2.17. The highest BCUT2D eigenvalue weighted by molar-refractivity contribution is 9.10. The van der Waals surface area contributed by atoms with Crippen molar-refractivity contribution in [2.24, 2.45) is 0 Å². The Morgan fingerprint density at radius 3 is 2.62 bits per heavy atom. The highest BCUT2D eigenvalue weighted by Crippen LogP contribution is 2.32. The van der Waals surface area contributed by atoms with Gasteiger partial charge in [-0.05, 0) is 12.1 Å². The van der Waals surface area contributed by atoms with Crippen molar-refractivity contribution in [3.8, 4) is 0 Å². The Kier molecular flexibility index (Phi) is 3.39. The van der Waals surface area contributed by atoms with E-state index >= 15 is 0 Å². The first kappa shape index (κ1) is 10.6. The molecule has 0 spiro atoms. The molecule has 0 fully saturated rings. The van der Waals surface area contributed by atoms with Gasteiger partial charge in [0.1, 0.15) is 0 Å². The van der Waals surface area contributed by atoms with Crippen LogP contribution in [0.4, 0.5) is 8.78 Å². The lowest BCUT2D eigenvalue weighted by molar-refractivity contribution is -0.0270. The molecular weight excluding hydrogens is 242 g/mol. The Morgan fingerprint density at radius 2 is 2.08 bits per heavy atom. The standard InChI is InChI=1S/C9H9BrF2O/c10-8-3-1-2-7(6-8)9(11,12)4-5-13/h1-3,6,13H,4-5H2. The molecule has 0 aliphatic carbocycles. The molecule has 0 aliphatic heterocycles. The fourth-order valence-electron chi connectivity index (χ4n) is 1.00. The van der Waals surface area contributed by atoms with E-state index < -0.39 is 19.0 Å². The summed E-state index contributed by atoms with van der Waals surface area (Å²) in [6.45, 7) is -0.514. The molecule has 0 atom stereocenters. The average Bonchev–Trinajstić information content (AvgIpc) is 2.04. The molecule has 0 saturated carbocycles. The van der Waals surface area contributed by atoms with E-state index in [9.17, 15) is 8.78 Å². The van der Waals surface area contributed by atoms with Crippen molar-refractivity contribution in [3.05, 3.63) is 34.3 Å². The number of hydrogen-bond donors (Lipinski definition) is 1. The molecule has 0 aromatic heterocycles. The summed E-state index contributed by atoms with van der Waals surface area (Å²) in [5, 5.41) is 8.44. The van der Waals surface area contributed by atoms with Crippen molar-refractivity contribution in [1.29, 1.82) is 0 Å². The Labute approximate surface area is 83.5 Å². The van der Waals surface area contributed by atoms with Gasteiger partial charge in [0.15, 0.2) is 0 Å². The summed E-state index contributed by atoms with van der Waals surface area (Å²) in [4.78, 5) is 0. The molecule has 1 rings (SSSR count). The fraction of sp³-hybridized carbons (Fsp3) is 0.333. The van der Waals surface area contributed by atoms with Gasteiger partial charge in [-0.2, -0.15) is 0 Å². The Bertz CT molecular complexity index is 289. The number of benzene rings is 1. The van der Waals surface area contributed by atoms with Crippen LogP contribution in [0.2, 0.25) is 0 Å². The minimum absolute atomic E-state index is 0.0732. The quantitative estimate of drug-likeness (QED) is 0.875. The third-order valence-electron chi connectivity index (χ3n) is 1.67. The van der Waals surface area contributed by atoms with Gasteiger partial charge in [-0.25, -0.2) is 8.78 Å². The van der Waals surface area contributed by atoms with Crippen molar-refractivity contribution in [1.82, 2.24) is 0 Å². The van der Waals surface area contributed by atoms with Gasteiger partial charge in [-0.3, -0.25) is 0 Å². The van der Waals surface area contributed by atoms with E-state index in [2.05, 4.69) is 15.9 Å². The first-order chi connectivity index (χ1) is 6.06. The smallest absolute Gasteiger partial charge is 0.275 e. The lowest BCUT2D eigenvalue weighted by Gasteiger charge is -2.15. The van der Waals surface area contributed by atoms with Crippen LogP contribution in [0.3, 0.4) is 0 Å². The summed E-state index contributed by atoms with van der Waals surface area (Å²) in [7, 11) is 0. The van der Waals surface area contributed by atoms with E-state index in [1.807, 2.05) is 0 Å². The molecule has 0 bridgehead atoms. The van der Waals surface area contributed by atoms with Gasteiger partial charge in [0.25, 0.3) is 5.92 Å². The van der Waals surface area contributed by atoms with E-state index in [1.165, 1.54) is 12.1 Å². The third kappa shape index (κ3) is 2.74. The highest BCUT2D eigenvalue weighted by atomic mass is 79.9. The minimum Gasteiger partial charge on any atom is -0.396 e. The summed E-state index contributed by atoms with van der Waals surface area (Å²) >= 11 is 3.11. The van der Waals surface area contributed by atoms with E-state index in [1.54, 1.807) is 12.1 Å². The summed E-state index contributed by atoms with van der Waals surface area (Å²) in [6, 6.07) is 5.93. The molecule has 1 aromatic rings. The molecule has 0 unspecified atom stereocenters. The first-order valence-electron chi connectivity index (χ1n) is 3.81. The molecule has 0 aliphatic rings. The van der Waals surface area contributed by atoms with Gasteiger partial charge in [0, 0.05) is 23.1 Å². The molecule has 0 radical (unpaired) electrons. The normalized spacial score (nSPS) is 11.7. The van der Waals surface area contributed by atoms with E-state index in [0.29, 0.717) is 4.47 Å². The van der Waals surface area contributed by atoms with Crippen LogP contribution in [0.25, 0.3) is 0 Å². The number of halogens is 3. The zero-order chi connectivity index (χ0) is 9.90. The van der Waals surface area contributed by atoms with E-state index in [0.717, 1.165) is 0 Å². The van der Waals surface area contributed by atoms with Gasteiger partial charge in [0.05, 0.1) is 0 Å². The van der Waals surface area contributed by atoms with Crippen molar-refractivity contribution in [3.63, 3.8) is 0 Å². The van der Waals surface area contributed by atoms with Gasteiger partial charge in [-0.1, -0.05) is 28.1 Å². The molecule has 4 heteroatoms. The molecule has 0 heterocycles. The van der Waals surface area contributed by atoms with Crippen LogP contribution in [0.5, 0.6) is 0 Å². The molecule has 13 heavy (non-hydrogen) atoms. The number of aliphatic hydroxyl groups excluding tert-OH is 1. The van der Waals surface area contributed by atoms with Crippen molar-refractivity contribution < 1.29 is 13.9 Å². The molecule has 1 aromatic carbocycles. The molecule has 0 saturated heterocycles. The first-order valence-corrected chi connectivity index (χ1v) is 4.60. The second kappa shape index (κ2) is 4.15. The maximum Gasteiger partial charge on any atom is 0.275 e. The zero-order valence-electron chi connectivity index (χ0n) is 6.80. The Hall–Kier alpha value is -0.480. The van der Waals surface area contributed by atoms with E-state index in [4.69, 9.17) is 5.11 Å². The lowest BCUT2D eigenvalue weighted by Crippen LogP contribution is -2.14. The van der Waals surface area contributed by atoms with Gasteiger partial charge in [0.2, 0.25) is 0 Å². The topological polar surface area (TPSA) is 20.2 Å². The van der Waals surface area contributed by atoms with Crippen LogP contribution in [-0.2, 0) is 5.92 Å². The second-order valence-electron chi connectivity index (χ2n) is 2.69. The summed E-state index contributed by atoms with van der Waals surface area (Å²) in [6.07, 6.45) is -0.538. The zero-order valence-corrected chi connectivity index (χ0v) is 8.39. The largest absolute Gasteiger partial charge is 0.396 e. The maximum absolute atomic E-state index is 13.2. The van der Waals surface area contributed by atoms with Crippen LogP contribution in [0.1, 0.15) is 12.0 Å². The van der Waals surface area contributed by atoms with Crippen LogP contribution in [0, 0.1) is 0 Å². The Morgan fingerprint density at radius 1 is 1.38 bits per heavy atom. The van der Waals surface area contributed by atoms with E-state index in [-0.39, 0.29) is 5.56 Å². The predicted octanol–water partition coefficient (Wildman–Crippen LogP) is 2.92. The van der Waals surface area contributed by atoms with Crippen molar-refractivity contribution in [2.45, 2.75) is 12.3 Å². The van der Waals surface area contributed by atoms with Crippen LogP contribution in [0.15, 0.2) is 28.7 Å². The minimum atomic E-state index is -2.95. The average molecular weight is 251 g/mol. The second-order valence-corrected chi connectivity index (χ2v) is 3.60. The predicted molar refractivity (Wildman–Crippen MR) is 49.7 cm³/mol. The SMILES string of the molecule is OCCC(F)(F)c1cccc(Br)c1. The monoisotopic (exact) mass is 250 g/mol. The van der Waals surface area contributed by atoms with Gasteiger partial charge >= 0.3 is 0 Å². The van der Waals surface area contributed by atoms with Crippen LogP contribution >= 0.6 is 15.9 Å². The molecule has 1 nitrogen and oxygen atoms in total. The van der Waals surface area contributed by atoms with Gasteiger partial charge in [-0.15, -0.1) is 0 Å². The summed E-state index contributed by atoms with van der Waals surface area (Å²) in [5.74, 6) is -2.95. The summed E-state index contributed by atoms with van der Waals surface area (Å²) in [5.41, 5.74) is -0.0732. The van der Waals surface area contributed by atoms with Crippen LogP contribution in [-0.4, -0.2) is 11.7 Å². The fourth-order valence-corrected chi connectivity index (χ4v) is 1.40. The van der Waals surface area contributed by atoms with Crippen LogP contribution < -0.4 is 0 Å². The number of alkyl halides is 2. The Balaban J connectivity index is 2.93. The maximum atomic E-state index is 13.2. The van der Waals surface area contributed by atoms with Crippen molar-refractivity contribution >= 4 is 15.9 Å². The molecule has 72 valence electrons. The lowest BCUT2D eigenvalue weighted by atomic mass is 10.1. The van der Waals surface area contributed by atoms with Crippen molar-refractivity contribution in [2.75, 3.05) is 6.61 Å². The number of hydrogen-bond acceptors (Lipinski definition) is 1. The number of aliphatic hydroxyl groups is 1. The highest BCUT2D eigenvalue weighted by Gasteiger charge is 2.30. The molecular formula is C9H9BrF2O.